The van der Waals surface area contributed by atoms with E-state index in [1.807, 2.05) is 0 Å². The molecule has 0 radical (unpaired) electrons. The fourth-order valence-electron chi connectivity index (χ4n) is 0.346. The molecule has 0 fully saturated rings. The van der Waals surface area contributed by atoms with Crippen molar-refractivity contribution in [2.75, 3.05) is 6.61 Å². The minimum absolute atomic E-state index is 0.00292. The van der Waals surface area contributed by atoms with Gasteiger partial charge in [-0.15, -0.1) is 0 Å². The van der Waals surface area contributed by atoms with Crippen molar-refractivity contribution in [1.82, 2.24) is 0 Å². The number of hydrogen-bond acceptors (Lipinski definition) is 4. The molecule has 0 aromatic rings. The lowest BCUT2D eigenvalue weighted by Gasteiger charge is -1.97. The molecule has 4 heteroatoms. The topological polar surface area (TPSA) is 46.5 Å². The van der Waals surface area contributed by atoms with Crippen molar-refractivity contribution in [3.63, 3.8) is 0 Å². The maximum Gasteiger partial charge on any atom is 0.342 e. The maximum atomic E-state index is 10.7. The van der Waals surface area contributed by atoms with Crippen LogP contribution in [0.25, 0.3) is 0 Å². The van der Waals surface area contributed by atoms with Gasteiger partial charge in [-0.25, -0.2) is 4.79 Å². The zero-order valence-electron chi connectivity index (χ0n) is 5.53. The molecule has 0 heterocycles. The van der Waals surface area contributed by atoms with E-state index in [1.165, 1.54) is 0 Å². The van der Waals surface area contributed by atoms with Crippen molar-refractivity contribution >= 4 is 23.6 Å². The summed E-state index contributed by atoms with van der Waals surface area (Å²) in [7, 11) is 0. The third kappa shape index (κ3) is 2.59. The van der Waals surface area contributed by atoms with Crippen molar-refractivity contribution in [3.8, 4) is 0 Å². The predicted molar refractivity (Wildman–Crippen MR) is 41.0 cm³/mol. The van der Waals surface area contributed by atoms with E-state index in [0.717, 1.165) is 5.37 Å². The second-order valence-electron chi connectivity index (χ2n) is 1.42. The molecular weight excluding hydrogens is 152 g/mol. The zero-order chi connectivity index (χ0) is 7.98. The molecule has 0 aliphatic carbocycles. The molecule has 0 spiro atoms. The van der Waals surface area contributed by atoms with E-state index in [-0.39, 0.29) is 12.2 Å². The van der Waals surface area contributed by atoms with Gasteiger partial charge in [0.05, 0.1) is 12.9 Å². The lowest BCUT2D eigenvalue weighted by molar-refractivity contribution is -0.137. The fourth-order valence-corrected chi connectivity index (χ4v) is 0.503. The molecule has 0 rings (SSSR count). The molecular formula is C6H8O3S. The highest BCUT2D eigenvalue weighted by Crippen LogP contribution is 1.92. The Hall–Kier alpha value is -0.900. The smallest absolute Gasteiger partial charge is 0.342 e. The van der Waals surface area contributed by atoms with E-state index < -0.39 is 5.97 Å². The predicted octanol–water partition coefficient (Wildman–Crippen LogP) is 0.991. The quantitative estimate of drug-likeness (QED) is 0.289. The van der Waals surface area contributed by atoms with Crippen molar-refractivity contribution in [3.05, 3.63) is 11.8 Å². The van der Waals surface area contributed by atoms with E-state index in [1.54, 1.807) is 6.92 Å². The van der Waals surface area contributed by atoms with Crippen LogP contribution in [-0.2, 0) is 9.53 Å². The van der Waals surface area contributed by atoms with Crippen molar-refractivity contribution in [1.29, 1.82) is 0 Å². The molecule has 3 nitrogen and oxygen atoms in total. The Bertz CT molecular complexity index is 162. The zero-order valence-corrected chi connectivity index (χ0v) is 6.35. The van der Waals surface area contributed by atoms with Gasteiger partial charge in [-0.3, -0.25) is 0 Å². The number of rotatable bonds is 3. The van der Waals surface area contributed by atoms with Gasteiger partial charge in [-0.2, -0.15) is 0 Å². The SMILES string of the molecule is CCOC(=O)/C(C=S)=C/O. The highest BCUT2D eigenvalue weighted by Gasteiger charge is 2.05. The van der Waals surface area contributed by atoms with E-state index in [0.29, 0.717) is 6.26 Å². The lowest BCUT2D eigenvalue weighted by Crippen LogP contribution is -2.07. The fraction of sp³-hybridized carbons (Fsp3) is 0.333. The third-order valence-electron chi connectivity index (χ3n) is 0.777. The average Bonchev–Trinajstić information content (AvgIpc) is 1.91. The van der Waals surface area contributed by atoms with Crippen LogP contribution in [-0.4, -0.2) is 23.1 Å². The molecule has 0 aliphatic rings. The molecule has 56 valence electrons. The molecule has 0 amide bonds. The van der Waals surface area contributed by atoms with Gasteiger partial charge in [-0.05, 0) is 6.92 Å². The molecule has 0 aliphatic heterocycles. The summed E-state index contributed by atoms with van der Waals surface area (Å²) in [4.78, 5) is 10.7. The minimum Gasteiger partial charge on any atom is -0.515 e. The van der Waals surface area contributed by atoms with Crippen LogP contribution in [0.3, 0.4) is 0 Å². The Labute approximate surface area is 64.3 Å². The van der Waals surface area contributed by atoms with Crippen LogP contribution >= 0.6 is 12.2 Å². The van der Waals surface area contributed by atoms with Gasteiger partial charge in [0.2, 0.25) is 0 Å². The van der Waals surface area contributed by atoms with Gasteiger partial charge in [0.15, 0.2) is 0 Å². The number of hydrogen-bond donors (Lipinski definition) is 1. The van der Waals surface area contributed by atoms with Crippen LogP contribution in [0.2, 0.25) is 0 Å². The Morgan fingerprint density at radius 2 is 2.40 bits per heavy atom. The molecule has 0 unspecified atom stereocenters. The first kappa shape index (κ1) is 9.10. The summed E-state index contributed by atoms with van der Waals surface area (Å²) in [6.45, 7) is 1.95. The van der Waals surface area contributed by atoms with Crippen LogP contribution in [0, 0.1) is 0 Å². The maximum absolute atomic E-state index is 10.7. The number of thiocarbonyl (C=S) groups is 1. The first-order valence-corrected chi connectivity index (χ1v) is 3.20. The Kier molecular flexibility index (Phi) is 4.49. The van der Waals surface area contributed by atoms with Crippen molar-refractivity contribution < 1.29 is 14.6 Å². The van der Waals surface area contributed by atoms with Crippen molar-refractivity contribution in [2.24, 2.45) is 0 Å². The summed E-state index contributed by atoms with van der Waals surface area (Å²) in [5.41, 5.74) is -0.00292. The van der Waals surface area contributed by atoms with Gasteiger partial charge >= 0.3 is 5.97 Å². The number of esters is 1. The van der Waals surface area contributed by atoms with Gasteiger partial charge in [0.1, 0.15) is 5.57 Å². The molecule has 0 saturated carbocycles. The standard InChI is InChI=1S/C6H8O3S/c1-2-9-6(8)5(3-7)4-10/h3-4,7H,2H2,1H3/b5-3+. The number of aliphatic hydroxyl groups excluding tert-OH is 1. The lowest BCUT2D eigenvalue weighted by atomic mass is 10.3. The molecule has 0 bridgehead atoms. The normalized spacial score (nSPS) is 10.7. The van der Waals surface area contributed by atoms with Gasteiger partial charge in [0, 0.05) is 5.37 Å². The highest BCUT2D eigenvalue weighted by molar-refractivity contribution is 7.79. The Morgan fingerprint density at radius 3 is 2.70 bits per heavy atom. The Balaban J connectivity index is 4.04. The van der Waals surface area contributed by atoms with Gasteiger partial charge in [0.25, 0.3) is 0 Å². The Morgan fingerprint density at radius 1 is 1.80 bits per heavy atom. The monoisotopic (exact) mass is 160 g/mol. The third-order valence-corrected chi connectivity index (χ3v) is 1.03. The van der Waals surface area contributed by atoms with E-state index in [9.17, 15) is 4.79 Å². The summed E-state index contributed by atoms with van der Waals surface area (Å²) in [5, 5.41) is 9.43. The average molecular weight is 160 g/mol. The van der Waals surface area contributed by atoms with Crippen LogP contribution in [0.5, 0.6) is 0 Å². The summed E-state index contributed by atoms with van der Waals surface area (Å²) in [6.07, 6.45) is 0.630. The largest absolute Gasteiger partial charge is 0.515 e. The van der Waals surface area contributed by atoms with Crippen LogP contribution < -0.4 is 0 Å². The first-order chi connectivity index (χ1) is 4.76. The van der Waals surface area contributed by atoms with Crippen LogP contribution in [0.15, 0.2) is 11.8 Å². The van der Waals surface area contributed by atoms with Gasteiger partial charge in [-0.1, -0.05) is 12.2 Å². The molecule has 0 aromatic heterocycles. The number of carbonyl (C=O) groups excluding carboxylic acids is 1. The molecule has 0 aromatic carbocycles. The summed E-state index contributed by atoms with van der Waals surface area (Å²) >= 11 is 4.41. The molecule has 1 N–H and O–H groups in total. The summed E-state index contributed by atoms with van der Waals surface area (Å²) < 4.78 is 4.52. The molecule has 0 atom stereocenters. The minimum atomic E-state index is -0.597. The number of ether oxygens (including phenoxy) is 1. The second kappa shape index (κ2) is 4.93. The summed E-state index contributed by atoms with van der Waals surface area (Å²) in [5.74, 6) is -0.597. The van der Waals surface area contributed by atoms with Crippen molar-refractivity contribution in [2.45, 2.75) is 6.92 Å². The van der Waals surface area contributed by atoms with Crippen LogP contribution in [0.4, 0.5) is 0 Å². The number of carbonyl (C=O) groups is 1. The second-order valence-corrected chi connectivity index (χ2v) is 1.66. The highest BCUT2D eigenvalue weighted by atomic mass is 32.1. The number of aliphatic hydroxyl groups is 1. The van der Waals surface area contributed by atoms with E-state index >= 15 is 0 Å². The van der Waals surface area contributed by atoms with E-state index in [2.05, 4.69) is 17.0 Å². The molecule has 0 saturated heterocycles. The van der Waals surface area contributed by atoms with E-state index in [4.69, 9.17) is 5.11 Å². The first-order valence-electron chi connectivity index (χ1n) is 2.73. The summed E-state index contributed by atoms with van der Waals surface area (Å²) in [6, 6.07) is 0. The van der Waals surface area contributed by atoms with Crippen LogP contribution in [0.1, 0.15) is 6.92 Å². The van der Waals surface area contributed by atoms with Gasteiger partial charge < -0.3 is 9.84 Å². The molecule has 10 heavy (non-hydrogen) atoms.